The van der Waals surface area contributed by atoms with Crippen LogP contribution in [0.15, 0.2) is 12.1 Å². The highest BCUT2D eigenvalue weighted by Crippen LogP contribution is 2.33. The Kier molecular flexibility index (Phi) is 5.96. The second-order valence-electron chi connectivity index (χ2n) is 7.78. The van der Waals surface area contributed by atoms with Crippen LogP contribution in [-0.4, -0.2) is 29.6 Å². The number of quaternary nitrogens is 1. The number of nitrogens with two attached hydrogens (primary N) is 1. The quantitative estimate of drug-likeness (QED) is 0.769. The summed E-state index contributed by atoms with van der Waals surface area (Å²) in [5, 5.41) is 6.44. The maximum atomic E-state index is 12.2. The molecule has 1 saturated heterocycles. The molecule has 0 aliphatic carbocycles. The number of hydrogen-bond acceptors (Lipinski definition) is 2. The highest BCUT2D eigenvalue weighted by Gasteiger charge is 2.42. The Morgan fingerprint density at radius 2 is 1.67 bits per heavy atom. The van der Waals surface area contributed by atoms with Crippen LogP contribution < -0.4 is 15.4 Å². The zero-order chi connectivity index (χ0) is 18.1. The van der Waals surface area contributed by atoms with E-state index >= 15 is 0 Å². The predicted molar refractivity (Wildman–Crippen MR) is 98.2 cm³/mol. The van der Waals surface area contributed by atoms with Crippen LogP contribution in [-0.2, 0) is 4.79 Å². The van der Waals surface area contributed by atoms with Gasteiger partial charge in [-0.3, -0.25) is 4.79 Å². The first-order valence-corrected chi connectivity index (χ1v) is 9.05. The van der Waals surface area contributed by atoms with Crippen LogP contribution in [0, 0.1) is 0 Å². The first-order chi connectivity index (χ1) is 11.0. The summed E-state index contributed by atoms with van der Waals surface area (Å²) in [7, 11) is 0. The Hall–Kier alpha value is -0.680. The molecule has 0 atom stereocenters. The lowest BCUT2D eigenvalue weighted by molar-refractivity contribution is -0.787. The molecule has 24 heavy (non-hydrogen) atoms. The van der Waals surface area contributed by atoms with Crippen LogP contribution in [0.3, 0.4) is 0 Å². The van der Waals surface area contributed by atoms with Gasteiger partial charge >= 0.3 is 0 Å². The summed E-state index contributed by atoms with van der Waals surface area (Å²) in [5.74, 6) is 0.175. The number of rotatable bonds is 4. The summed E-state index contributed by atoms with van der Waals surface area (Å²) in [6.45, 7) is 8.66. The number of nitrogens with one attached hydrogen (secondary N) is 1. The third-order valence-electron chi connectivity index (χ3n) is 4.03. The van der Waals surface area contributed by atoms with Crippen molar-refractivity contribution in [3.05, 3.63) is 27.2 Å². The Bertz CT molecular complexity index is 617. The molecule has 7 heteroatoms. The summed E-state index contributed by atoms with van der Waals surface area (Å²) >= 11 is 17.9. The Labute approximate surface area is 158 Å². The third-order valence-corrected chi connectivity index (χ3v) is 5.04. The van der Waals surface area contributed by atoms with Gasteiger partial charge in [-0.2, -0.15) is 0 Å². The molecule has 4 nitrogen and oxygen atoms in total. The standard InChI is InChI=1S/C17H23Cl3N2O2/c1-16(2)7-10(8-17(3,4)22-16)21-15(23)9-24-14-6-12(19)11(18)5-13(14)20/h5-6,10,22H,7-9H2,1-4H3,(H,21,23)/p+1. The summed E-state index contributed by atoms with van der Waals surface area (Å²) in [5.41, 5.74) is 0.182. The molecule has 0 unspecified atom stereocenters. The van der Waals surface area contributed by atoms with Crippen molar-refractivity contribution >= 4 is 40.7 Å². The number of hydrogen-bond donors (Lipinski definition) is 2. The van der Waals surface area contributed by atoms with Crippen LogP contribution in [0.25, 0.3) is 0 Å². The fourth-order valence-electron chi connectivity index (χ4n) is 3.65. The van der Waals surface area contributed by atoms with Gasteiger partial charge < -0.3 is 15.4 Å². The van der Waals surface area contributed by atoms with E-state index < -0.39 is 0 Å². The van der Waals surface area contributed by atoms with Gasteiger partial charge in [0.1, 0.15) is 5.75 Å². The second-order valence-corrected chi connectivity index (χ2v) is 9.00. The van der Waals surface area contributed by atoms with Crippen molar-refractivity contribution in [2.75, 3.05) is 6.61 Å². The van der Waals surface area contributed by atoms with E-state index in [9.17, 15) is 4.79 Å². The number of carbonyl (C=O) groups excluding carboxylic acids is 1. The predicted octanol–water partition coefficient (Wildman–Crippen LogP) is 3.42. The zero-order valence-corrected chi connectivity index (χ0v) is 16.6. The lowest BCUT2D eigenvalue weighted by atomic mass is 9.79. The maximum Gasteiger partial charge on any atom is 0.258 e. The molecule has 1 aromatic rings. The Morgan fingerprint density at radius 3 is 2.25 bits per heavy atom. The number of piperidine rings is 1. The number of benzene rings is 1. The normalized spacial score (nSPS) is 19.8. The number of halogens is 3. The highest BCUT2D eigenvalue weighted by atomic mass is 35.5. The molecule has 0 radical (unpaired) electrons. The molecule has 1 amide bonds. The van der Waals surface area contributed by atoms with Crippen LogP contribution in [0.2, 0.25) is 15.1 Å². The SMILES string of the molecule is CC1(C)CC(NC(=O)COc2cc(Cl)c(Cl)cc2Cl)CC(C)(C)[NH2+]1. The largest absolute Gasteiger partial charge is 0.482 e. The van der Waals surface area contributed by atoms with E-state index in [4.69, 9.17) is 39.5 Å². The first kappa shape index (κ1) is 19.6. The van der Waals surface area contributed by atoms with Gasteiger partial charge in [-0.05, 0) is 33.8 Å². The van der Waals surface area contributed by atoms with E-state index in [1.807, 2.05) is 0 Å². The van der Waals surface area contributed by atoms with Crippen molar-refractivity contribution in [1.82, 2.24) is 5.32 Å². The average Bonchev–Trinajstić information content (AvgIpc) is 2.37. The minimum Gasteiger partial charge on any atom is -0.482 e. The molecule has 134 valence electrons. The molecule has 1 aliphatic heterocycles. The minimum absolute atomic E-state index is 0.0908. The van der Waals surface area contributed by atoms with E-state index in [1.54, 1.807) is 0 Å². The van der Waals surface area contributed by atoms with Gasteiger partial charge in [-0.15, -0.1) is 0 Å². The van der Waals surface area contributed by atoms with Crippen molar-refractivity contribution in [2.24, 2.45) is 0 Å². The Morgan fingerprint density at radius 1 is 1.12 bits per heavy atom. The molecule has 0 bridgehead atoms. The fourth-order valence-corrected chi connectivity index (χ4v) is 4.24. The minimum atomic E-state index is -0.171. The number of carbonyl (C=O) groups is 1. The van der Waals surface area contributed by atoms with Crippen LogP contribution in [0.4, 0.5) is 0 Å². The zero-order valence-electron chi connectivity index (χ0n) is 14.4. The topological polar surface area (TPSA) is 54.9 Å². The highest BCUT2D eigenvalue weighted by molar-refractivity contribution is 6.43. The van der Waals surface area contributed by atoms with E-state index in [2.05, 4.69) is 38.3 Å². The van der Waals surface area contributed by atoms with E-state index in [1.165, 1.54) is 12.1 Å². The van der Waals surface area contributed by atoms with Crippen molar-refractivity contribution in [3.8, 4) is 5.75 Å². The molecule has 1 aromatic carbocycles. The smallest absolute Gasteiger partial charge is 0.258 e. The van der Waals surface area contributed by atoms with Crippen molar-refractivity contribution < 1.29 is 14.8 Å². The van der Waals surface area contributed by atoms with E-state index in [0.29, 0.717) is 20.8 Å². The second kappa shape index (κ2) is 7.28. The van der Waals surface area contributed by atoms with Gasteiger partial charge in [-0.1, -0.05) is 34.8 Å². The average molecular weight is 395 g/mol. The van der Waals surface area contributed by atoms with Crippen LogP contribution in [0.5, 0.6) is 5.75 Å². The van der Waals surface area contributed by atoms with Gasteiger partial charge in [0.2, 0.25) is 0 Å². The molecule has 3 N–H and O–H groups in total. The molecule has 0 spiro atoms. The lowest BCUT2D eigenvalue weighted by Gasteiger charge is -2.43. The first-order valence-electron chi connectivity index (χ1n) is 7.91. The van der Waals surface area contributed by atoms with E-state index in [-0.39, 0.29) is 29.6 Å². The van der Waals surface area contributed by atoms with Crippen molar-refractivity contribution in [1.29, 1.82) is 0 Å². The van der Waals surface area contributed by atoms with Gasteiger partial charge in [0.05, 0.1) is 26.1 Å². The molecule has 1 fully saturated rings. The molecule has 0 aromatic heterocycles. The molecule has 1 aliphatic rings. The molecular weight excluding hydrogens is 371 g/mol. The van der Waals surface area contributed by atoms with Crippen molar-refractivity contribution in [2.45, 2.75) is 57.7 Å². The summed E-state index contributed by atoms with van der Waals surface area (Å²) < 4.78 is 5.49. The van der Waals surface area contributed by atoms with Crippen molar-refractivity contribution in [3.63, 3.8) is 0 Å². The van der Waals surface area contributed by atoms with Gasteiger partial charge in [0.15, 0.2) is 6.61 Å². The monoisotopic (exact) mass is 393 g/mol. The molecule has 2 rings (SSSR count). The van der Waals surface area contributed by atoms with Gasteiger partial charge in [0.25, 0.3) is 5.91 Å². The van der Waals surface area contributed by atoms with Crippen LogP contribution in [0.1, 0.15) is 40.5 Å². The third kappa shape index (κ3) is 5.41. The van der Waals surface area contributed by atoms with Gasteiger partial charge in [-0.25, -0.2) is 0 Å². The summed E-state index contributed by atoms with van der Waals surface area (Å²) in [6.07, 6.45) is 1.82. The fraction of sp³-hybridized carbons (Fsp3) is 0.588. The maximum absolute atomic E-state index is 12.2. The molecule has 0 saturated carbocycles. The summed E-state index contributed by atoms with van der Waals surface area (Å²) in [6, 6.07) is 3.14. The summed E-state index contributed by atoms with van der Waals surface area (Å²) in [4.78, 5) is 12.2. The number of ether oxygens (including phenoxy) is 1. The number of amides is 1. The molecule has 1 heterocycles. The lowest BCUT2D eigenvalue weighted by Crippen LogP contribution is -3.06. The van der Waals surface area contributed by atoms with Gasteiger partial charge in [0, 0.05) is 24.9 Å². The van der Waals surface area contributed by atoms with Crippen LogP contribution >= 0.6 is 34.8 Å². The van der Waals surface area contributed by atoms with E-state index in [0.717, 1.165) is 12.8 Å². The molecular formula is C17H24Cl3N2O2+. The Balaban J connectivity index is 1.93.